The Hall–Kier alpha value is -2.16. The molecule has 0 bridgehead atoms. The summed E-state index contributed by atoms with van der Waals surface area (Å²) < 4.78 is 17.3. The van der Waals surface area contributed by atoms with E-state index >= 15 is 0 Å². The summed E-state index contributed by atoms with van der Waals surface area (Å²) in [4.78, 5) is 4.67. The van der Waals surface area contributed by atoms with E-state index in [0.717, 1.165) is 55.7 Å². The van der Waals surface area contributed by atoms with Crippen molar-refractivity contribution in [2.24, 2.45) is 4.99 Å². The van der Waals surface area contributed by atoms with Gasteiger partial charge >= 0.3 is 0 Å². The average Bonchev–Trinajstić information content (AvgIpc) is 3.20. The molecule has 29 heavy (non-hydrogen) atoms. The predicted molar refractivity (Wildman–Crippen MR) is 125 cm³/mol. The first-order chi connectivity index (χ1) is 13.8. The van der Waals surface area contributed by atoms with Gasteiger partial charge in [-0.1, -0.05) is 24.3 Å². The molecule has 0 aliphatic carbocycles. The SMILES string of the molecule is CCNC(=NCC1COc2ccccc2O1)NCCc1ccc2c(c1)CCO2.I. The molecule has 0 spiro atoms. The first-order valence-corrected chi connectivity index (χ1v) is 9.97. The maximum atomic E-state index is 5.98. The maximum absolute atomic E-state index is 5.98. The van der Waals surface area contributed by atoms with Crippen molar-refractivity contribution in [3.63, 3.8) is 0 Å². The van der Waals surface area contributed by atoms with Crippen molar-refractivity contribution in [1.82, 2.24) is 10.6 Å². The number of fused-ring (bicyclic) bond motifs is 2. The standard InChI is InChI=1S/C22H27N3O3.HI/c1-2-23-22(24-11-9-16-7-8-19-17(13-16)10-12-26-19)25-14-18-15-27-20-5-3-4-6-21(20)28-18;/h3-8,13,18H,2,9-12,14-15H2,1H3,(H2,23,24,25);1H. The first kappa shape index (κ1) is 21.5. The molecule has 2 aromatic carbocycles. The van der Waals surface area contributed by atoms with Crippen molar-refractivity contribution >= 4 is 29.9 Å². The molecule has 2 heterocycles. The maximum Gasteiger partial charge on any atom is 0.191 e. The Labute approximate surface area is 189 Å². The molecule has 0 fully saturated rings. The van der Waals surface area contributed by atoms with Crippen LogP contribution in [0.5, 0.6) is 17.2 Å². The van der Waals surface area contributed by atoms with Gasteiger partial charge in [-0.2, -0.15) is 0 Å². The van der Waals surface area contributed by atoms with Crippen LogP contribution in [0.15, 0.2) is 47.5 Å². The van der Waals surface area contributed by atoms with Crippen LogP contribution in [-0.4, -0.2) is 44.9 Å². The molecule has 1 atom stereocenters. The molecule has 6 nitrogen and oxygen atoms in total. The smallest absolute Gasteiger partial charge is 0.191 e. The van der Waals surface area contributed by atoms with E-state index in [1.807, 2.05) is 24.3 Å². The molecule has 4 rings (SSSR count). The number of halogens is 1. The van der Waals surface area contributed by atoms with E-state index in [-0.39, 0.29) is 30.1 Å². The molecule has 2 aliphatic rings. The van der Waals surface area contributed by atoms with Gasteiger partial charge in [0.2, 0.25) is 0 Å². The van der Waals surface area contributed by atoms with Crippen molar-refractivity contribution in [3.05, 3.63) is 53.6 Å². The summed E-state index contributed by atoms with van der Waals surface area (Å²) in [6.07, 6.45) is 1.86. The van der Waals surface area contributed by atoms with Crippen LogP contribution in [0.3, 0.4) is 0 Å². The molecule has 0 saturated heterocycles. The van der Waals surface area contributed by atoms with Crippen LogP contribution in [0.4, 0.5) is 0 Å². The molecule has 0 radical (unpaired) electrons. The van der Waals surface area contributed by atoms with Gasteiger partial charge in [-0.05, 0) is 42.7 Å². The summed E-state index contributed by atoms with van der Waals surface area (Å²) in [7, 11) is 0. The highest BCUT2D eigenvalue weighted by Crippen LogP contribution is 2.30. The summed E-state index contributed by atoms with van der Waals surface area (Å²) in [5.74, 6) is 3.41. The van der Waals surface area contributed by atoms with E-state index < -0.39 is 0 Å². The van der Waals surface area contributed by atoms with Crippen LogP contribution in [-0.2, 0) is 12.8 Å². The number of nitrogens with one attached hydrogen (secondary N) is 2. The minimum absolute atomic E-state index is 0. The zero-order valence-electron chi connectivity index (χ0n) is 16.6. The Bertz CT molecular complexity index is 844. The van der Waals surface area contributed by atoms with Gasteiger partial charge in [-0.25, -0.2) is 4.99 Å². The van der Waals surface area contributed by atoms with Gasteiger partial charge in [0.25, 0.3) is 0 Å². The van der Waals surface area contributed by atoms with E-state index in [1.54, 1.807) is 0 Å². The highest BCUT2D eigenvalue weighted by molar-refractivity contribution is 14.0. The van der Waals surface area contributed by atoms with Gasteiger partial charge in [0.1, 0.15) is 12.4 Å². The lowest BCUT2D eigenvalue weighted by Gasteiger charge is -2.25. The third-order valence-corrected chi connectivity index (χ3v) is 4.82. The zero-order valence-corrected chi connectivity index (χ0v) is 19.0. The Kier molecular flexibility index (Phi) is 7.85. The number of hydrogen-bond acceptors (Lipinski definition) is 4. The van der Waals surface area contributed by atoms with Gasteiger partial charge < -0.3 is 24.8 Å². The highest BCUT2D eigenvalue weighted by atomic mass is 127. The van der Waals surface area contributed by atoms with Crippen molar-refractivity contribution in [1.29, 1.82) is 0 Å². The van der Waals surface area contributed by atoms with Gasteiger partial charge in [0.05, 0.1) is 13.2 Å². The molecule has 7 heteroatoms. The fourth-order valence-electron chi connectivity index (χ4n) is 3.41. The van der Waals surface area contributed by atoms with E-state index in [9.17, 15) is 0 Å². The van der Waals surface area contributed by atoms with Crippen LogP contribution >= 0.6 is 24.0 Å². The van der Waals surface area contributed by atoms with Gasteiger partial charge in [-0.3, -0.25) is 0 Å². The third-order valence-electron chi connectivity index (χ3n) is 4.82. The first-order valence-electron chi connectivity index (χ1n) is 9.97. The van der Waals surface area contributed by atoms with Crippen LogP contribution in [0.1, 0.15) is 18.1 Å². The fourth-order valence-corrected chi connectivity index (χ4v) is 3.41. The van der Waals surface area contributed by atoms with Gasteiger partial charge in [0.15, 0.2) is 23.6 Å². The number of benzene rings is 2. The largest absolute Gasteiger partial charge is 0.493 e. The van der Waals surface area contributed by atoms with Crippen molar-refractivity contribution in [2.75, 3.05) is 32.8 Å². The minimum Gasteiger partial charge on any atom is -0.493 e. The fraction of sp³-hybridized carbons (Fsp3) is 0.409. The van der Waals surface area contributed by atoms with Crippen LogP contribution in [0.2, 0.25) is 0 Å². The van der Waals surface area contributed by atoms with Crippen LogP contribution < -0.4 is 24.8 Å². The Morgan fingerprint density at radius 3 is 2.79 bits per heavy atom. The predicted octanol–water partition coefficient (Wildman–Crippen LogP) is 3.18. The number of aliphatic imine (C=N–C) groups is 1. The number of rotatable bonds is 6. The molecule has 156 valence electrons. The number of para-hydroxylation sites is 2. The lowest BCUT2D eigenvalue weighted by Crippen LogP contribution is -2.40. The minimum atomic E-state index is -0.0814. The second-order valence-electron chi connectivity index (χ2n) is 6.93. The molecule has 1 unspecified atom stereocenters. The summed E-state index contributed by atoms with van der Waals surface area (Å²) in [5.41, 5.74) is 2.63. The van der Waals surface area contributed by atoms with Crippen molar-refractivity contribution in [3.8, 4) is 17.2 Å². The summed E-state index contributed by atoms with van der Waals surface area (Å²) >= 11 is 0. The molecular weight excluding hydrogens is 481 g/mol. The summed E-state index contributed by atoms with van der Waals surface area (Å²) in [5, 5.41) is 6.70. The summed E-state index contributed by atoms with van der Waals surface area (Å²) in [6.45, 7) is 5.54. The summed E-state index contributed by atoms with van der Waals surface area (Å²) in [6, 6.07) is 14.2. The quantitative estimate of drug-likeness (QED) is 0.356. The van der Waals surface area contributed by atoms with Gasteiger partial charge in [0, 0.05) is 19.5 Å². The molecule has 2 aromatic rings. The third kappa shape index (κ3) is 5.68. The van der Waals surface area contributed by atoms with E-state index in [1.165, 1.54) is 11.1 Å². The number of guanidine groups is 1. The van der Waals surface area contributed by atoms with Gasteiger partial charge in [-0.15, -0.1) is 24.0 Å². The molecule has 0 saturated carbocycles. The Morgan fingerprint density at radius 1 is 1.07 bits per heavy atom. The van der Waals surface area contributed by atoms with E-state index in [0.29, 0.717) is 13.2 Å². The van der Waals surface area contributed by atoms with E-state index in [2.05, 4.69) is 40.7 Å². The van der Waals surface area contributed by atoms with Crippen LogP contribution in [0, 0.1) is 0 Å². The number of hydrogen-bond donors (Lipinski definition) is 2. The lowest BCUT2D eigenvalue weighted by atomic mass is 10.1. The van der Waals surface area contributed by atoms with Crippen molar-refractivity contribution < 1.29 is 14.2 Å². The molecule has 0 aromatic heterocycles. The molecule has 0 amide bonds. The Morgan fingerprint density at radius 2 is 1.93 bits per heavy atom. The average molecular weight is 509 g/mol. The number of nitrogens with zero attached hydrogens (tertiary/aromatic N) is 1. The highest BCUT2D eigenvalue weighted by Gasteiger charge is 2.20. The lowest BCUT2D eigenvalue weighted by molar-refractivity contribution is 0.0971. The molecule has 2 aliphatic heterocycles. The second kappa shape index (κ2) is 10.6. The second-order valence-corrected chi connectivity index (χ2v) is 6.93. The monoisotopic (exact) mass is 509 g/mol. The molecular formula is C22H28IN3O3. The van der Waals surface area contributed by atoms with Crippen molar-refractivity contribution in [2.45, 2.75) is 25.9 Å². The zero-order chi connectivity index (χ0) is 19.2. The number of ether oxygens (including phenoxy) is 3. The van der Waals surface area contributed by atoms with Crippen LogP contribution in [0.25, 0.3) is 0 Å². The Balaban J connectivity index is 0.00000240. The normalized spacial score (nSPS) is 17.0. The van der Waals surface area contributed by atoms with E-state index in [4.69, 9.17) is 14.2 Å². The topological polar surface area (TPSA) is 64.1 Å². The molecule has 2 N–H and O–H groups in total.